The van der Waals surface area contributed by atoms with Crippen LogP contribution in [-0.4, -0.2) is 40.1 Å². The van der Waals surface area contributed by atoms with Gasteiger partial charge in [-0.2, -0.15) is 5.10 Å². The second-order valence-corrected chi connectivity index (χ2v) is 5.50. The zero-order valence-corrected chi connectivity index (χ0v) is 14.9. The van der Waals surface area contributed by atoms with E-state index in [0.717, 1.165) is 30.8 Å². The number of hydrogen-bond acceptors (Lipinski definition) is 4. The van der Waals surface area contributed by atoms with Crippen molar-refractivity contribution in [3.05, 3.63) is 54.4 Å². The van der Waals surface area contributed by atoms with E-state index in [2.05, 4.69) is 27.6 Å². The van der Waals surface area contributed by atoms with Crippen molar-refractivity contribution >= 4 is 24.0 Å². The number of nitrogens with one attached hydrogen (secondary N) is 2. The lowest BCUT2D eigenvalue weighted by Gasteiger charge is -2.06. The average Bonchev–Trinajstić information content (AvgIpc) is 3.06. The molecule has 6 nitrogen and oxygen atoms in total. The van der Waals surface area contributed by atoms with Crippen LogP contribution in [0, 0.1) is 0 Å². The summed E-state index contributed by atoms with van der Waals surface area (Å²) in [7, 11) is 0. The molecule has 2 N–H and O–H groups in total. The van der Waals surface area contributed by atoms with E-state index >= 15 is 0 Å². The fourth-order valence-corrected chi connectivity index (χ4v) is 2.54. The van der Waals surface area contributed by atoms with Crippen LogP contribution in [0.25, 0.3) is 16.9 Å². The summed E-state index contributed by atoms with van der Waals surface area (Å²) in [6.07, 6.45) is 4.36. The predicted octanol–water partition coefficient (Wildman–Crippen LogP) is 2.55. The van der Waals surface area contributed by atoms with Gasteiger partial charge in [-0.1, -0.05) is 37.3 Å². The third kappa shape index (κ3) is 4.35. The van der Waals surface area contributed by atoms with Crippen LogP contribution in [0.2, 0.25) is 0 Å². The standard InChI is InChI=1S/C18H21N5O.ClH/c1-2-9-19-11-12-21-18(24)15-13-22-23-16(8-10-20-17(15)23)14-6-4-3-5-7-14;/h3-8,10,13,19H,2,9,11-12H2,1H3,(H,21,24);1H. The number of rotatable bonds is 7. The molecule has 3 rings (SSSR count). The monoisotopic (exact) mass is 359 g/mol. The van der Waals surface area contributed by atoms with E-state index in [0.29, 0.717) is 17.8 Å². The van der Waals surface area contributed by atoms with Gasteiger partial charge in [-0.3, -0.25) is 4.79 Å². The number of carbonyl (C=O) groups excluding carboxylic acids is 1. The molecule has 132 valence electrons. The molecule has 7 heteroatoms. The van der Waals surface area contributed by atoms with Gasteiger partial charge in [-0.25, -0.2) is 9.50 Å². The van der Waals surface area contributed by atoms with Crippen LogP contribution in [0.1, 0.15) is 23.7 Å². The highest BCUT2D eigenvalue weighted by Gasteiger charge is 2.15. The molecule has 25 heavy (non-hydrogen) atoms. The van der Waals surface area contributed by atoms with Crippen LogP contribution in [0.3, 0.4) is 0 Å². The first-order chi connectivity index (χ1) is 11.8. The van der Waals surface area contributed by atoms with Crippen molar-refractivity contribution < 1.29 is 4.79 Å². The molecule has 1 aromatic carbocycles. The van der Waals surface area contributed by atoms with Crippen LogP contribution in [0.4, 0.5) is 0 Å². The Bertz CT molecular complexity index is 819. The predicted molar refractivity (Wildman–Crippen MR) is 101 cm³/mol. The van der Waals surface area contributed by atoms with Crippen LogP contribution in [-0.2, 0) is 0 Å². The van der Waals surface area contributed by atoms with E-state index in [9.17, 15) is 4.79 Å². The maximum atomic E-state index is 12.4. The van der Waals surface area contributed by atoms with Crippen molar-refractivity contribution in [2.75, 3.05) is 19.6 Å². The lowest BCUT2D eigenvalue weighted by atomic mass is 10.1. The van der Waals surface area contributed by atoms with Crippen LogP contribution in [0.15, 0.2) is 48.8 Å². The summed E-state index contributed by atoms with van der Waals surface area (Å²) in [5, 5.41) is 10.5. The van der Waals surface area contributed by atoms with Crippen LogP contribution < -0.4 is 10.6 Å². The molecule has 0 saturated carbocycles. The van der Waals surface area contributed by atoms with Gasteiger partial charge in [-0.15, -0.1) is 12.4 Å². The average molecular weight is 360 g/mol. The van der Waals surface area contributed by atoms with E-state index in [1.54, 1.807) is 16.9 Å². The Morgan fingerprint density at radius 1 is 1.12 bits per heavy atom. The van der Waals surface area contributed by atoms with Gasteiger partial charge in [0, 0.05) is 24.8 Å². The van der Waals surface area contributed by atoms with E-state index in [-0.39, 0.29) is 18.3 Å². The molecule has 0 aliphatic heterocycles. The molecule has 0 unspecified atom stereocenters. The number of nitrogens with zero attached hydrogens (tertiary/aromatic N) is 3. The summed E-state index contributed by atoms with van der Waals surface area (Å²) in [6, 6.07) is 11.8. The first-order valence-corrected chi connectivity index (χ1v) is 8.18. The molecule has 0 aliphatic carbocycles. The summed E-state index contributed by atoms with van der Waals surface area (Å²) >= 11 is 0. The van der Waals surface area contributed by atoms with Gasteiger partial charge in [-0.05, 0) is 19.0 Å². The molecule has 0 atom stereocenters. The van der Waals surface area contributed by atoms with Gasteiger partial charge in [0.2, 0.25) is 0 Å². The van der Waals surface area contributed by atoms with Crippen LogP contribution >= 0.6 is 12.4 Å². The lowest BCUT2D eigenvalue weighted by molar-refractivity contribution is 0.0955. The molecular formula is C18H22ClN5O. The zero-order chi connectivity index (χ0) is 16.8. The SMILES string of the molecule is CCCNCCNC(=O)c1cnn2c(-c3ccccc3)ccnc12.Cl. The maximum absolute atomic E-state index is 12.4. The van der Waals surface area contributed by atoms with Crippen molar-refractivity contribution in [2.24, 2.45) is 0 Å². The molecule has 2 heterocycles. The number of halogens is 1. The van der Waals surface area contributed by atoms with E-state index in [1.807, 2.05) is 36.4 Å². The third-order valence-corrected chi connectivity index (χ3v) is 3.73. The zero-order valence-electron chi connectivity index (χ0n) is 14.1. The first kappa shape index (κ1) is 18.9. The van der Waals surface area contributed by atoms with Crippen molar-refractivity contribution in [3.8, 4) is 11.3 Å². The third-order valence-electron chi connectivity index (χ3n) is 3.73. The van der Waals surface area contributed by atoms with Gasteiger partial charge in [0.05, 0.1) is 11.9 Å². The van der Waals surface area contributed by atoms with Crippen molar-refractivity contribution in [1.29, 1.82) is 0 Å². The van der Waals surface area contributed by atoms with Gasteiger partial charge in [0.25, 0.3) is 5.91 Å². The molecule has 0 radical (unpaired) electrons. The van der Waals surface area contributed by atoms with Gasteiger partial charge in [0.1, 0.15) is 5.56 Å². The van der Waals surface area contributed by atoms with Crippen molar-refractivity contribution in [2.45, 2.75) is 13.3 Å². The highest BCUT2D eigenvalue weighted by Crippen LogP contribution is 2.20. The fourth-order valence-electron chi connectivity index (χ4n) is 2.54. The van der Waals surface area contributed by atoms with Crippen molar-refractivity contribution in [3.63, 3.8) is 0 Å². The molecule has 0 fully saturated rings. The molecule has 3 aromatic rings. The summed E-state index contributed by atoms with van der Waals surface area (Å²) in [4.78, 5) is 16.7. The quantitative estimate of drug-likeness (QED) is 0.636. The van der Waals surface area contributed by atoms with E-state index < -0.39 is 0 Å². The summed E-state index contributed by atoms with van der Waals surface area (Å²) in [5.41, 5.74) is 2.99. The molecule has 0 saturated heterocycles. The molecule has 2 aromatic heterocycles. The Hall–Kier alpha value is -2.44. The fraction of sp³-hybridized carbons (Fsp3) is 0.278. The van der Waals surface area contributed by atoms with Gasteiger partial charge >= 0.3 is 0 Å². The summed E-state index contributed by atoms with van der Waals surface area (Å²) in [6.45, 7) is 4.39. The molecule has 0 spiro atoms. The molecule has 1 amide bonds. The summed E-state index contributed by atoms with van der Waals surface area (Å²) < 4.78 is 1.71. The maximum Gasteiger partial charge on any atom is 0.256 e. The second kappa shape index (κ2) is 9.15. The Balaban J connectivity index is 0.00000225. The highest BCUT2D eigenvalue weighted by atomic mass is 35.5. The topological polar surface area (TPSA) is 71.3 Å². The Labute approximate surface area is 153 Å². The largest absolute Gasteiger partial charge is 0.351 e. The minimum absolute atomic E-state index is 0. The van der Waals surface area contributed by atoms with E-state index in [1.165, 1.54) is 0 Å². The Kier molecular flexibility index (Phi) is 6.91. The molecule has 0 aliphatic rings. The normalized spacial score (nSPS) is 10.4. The number of fused-ring (bicyclic) bond motifs is 1. The number of benzene rings is 1. The van der Waals surface area contributed by atoms with Crippen LogP contribution in [0.5, 0.6) is 0 Å². The minimum atomic E-state index is -0.152. The van der Waals surface area contributed by atoms with Gasteiger partial charge in [0.15, 0.2) is 5.65 Å². The number of carbonyl (C=O) groups is 1. The highest BCUT2D eigenvalue weighted by molar-refractivity contribution is 5.99. The summed E-state index contributed by atoms with van der Waals surface area (Å²) in [5.74, 6) is -0.152. The number of aromatic nitrogens is 3. The first-order valence-electron chi connectivity index (χ1n) is 8.18. The van der Waals surface area contributed by atoms with E-state index in [4.69, 9.17) is 0 Å². The smallest absolute Gasteiger partial charge is 0.256 e. The Morgan fingerprint density at radius 3 is 2.68 bits per heavy atom. The molecule has 0 bridgehead atoms. The minimum Gasteiger partial charge on any atom is -0.351 e. The lowest BCUT2D eigenvalue weighted by Crippen LogP contribution is -2.32. The van der Waals surface area contributed by atoms with Gasteiger partial charge < -0.3 is 10.6 Å². The molecular weight excluding hydrogens is 338 g/mol. The number of amides is 1. The second-order valence-electron chi connectivity index (χ2n) is 5.50. The Morgan fingerprint density at radius 2 is 1.92 bits per heavy atom. The number of hydrogen-bond donors (Lipinski definition) is 2. The van der Waals surface area contributed by atoms with Crippen molar-refractivity contribution in [1.82, 2.24) is 25.2 Å².